The maximum Gasteiger partial charge on any atom is 0.223 e. The predicted octanol–water partition coefficient (Wildman–Crippen LogP) is 3.08. The lowest BCUT2D eigenvalue weighted by molar-refractivity contribution is -0.136. The van der Waals surface area contributed by atoms with Crippen molar-refractivity contribution in [2.45, 2.75) is 64.0 Å². The summed E-state index contributed by atoms with van der Waals surface area (Å²) in [7, 11) is 0. The number of nitrogens with zero attached hydrogens (tertiary/aromatic N) is 4. The molecule has 4 rings (SSSR count). The van der Waals surface area contributed by atoms with E-state index >= 15 is 0 Å². The standard InChI is InChI=1S/C20H26N4O/c1-20(16-8-4-2-5-9-16)12-11-19(25)23(15-20)14-18-22-21-17-10-6-3-7-13-24(17)18/h2,4-5,8-9H,3,6-7,10-15H2,1H3. The second-order valence-corrected chi connectivity index (χ2v) is 7.67. The van der Waals surface area contributed by atoms with Crippen LogP contribution >= 0.6 is 0 Å². The van der Waals surface area contributed by atoms with E-state index in [0.717, 1.165) is 37.6 Å². The summed E-state index contributed by atoms with van der Waals surface area (Å²) in [6.07, 6.45) is 6.12. The van der Waals surface area contributed by atoms with Crippen LogP contribution in [0, 0.1) is 0 Å². The zero-order valence-electron chi connectivity index (χ0n) is 14.9. The Balaban J connectivity index is 1.56. The van der Waals surface area contributed by atoms with E-state index in [1.54, 1.807) is 0 Å². The van der Waals surface area contributed by atoms with Crippen molar-refractivity contribution in [2.24, 2.45) is 0 Å². The van der Waals surface area contributed by atoms with Gasteiger partial charge in [-0.1, -0.05) is 43.7 Å². The Kier molecular flexibility index (Phi) is 4.32. The van der Waals surface area contributed by atoms with Gasteiger partial charge in [-0.25, -0.2) is 0 Å². The van der Waals surface area contributed by atoms with Crippen LogP contribution in [0.2, 0.25) is 0 Å². The molecule has 5 heteroatoms. The van der Waals surface area contributed by atoms with Crippen molar-refractivity contribution in [3.63, 3.8) is 0 Å². The molecule has 0 radical (unpaired) electrons. The summed E-state index contributed by atoms with van der Waals surface area (Å²) in [5, 5.41) is 8.78. The SMILES string of the molecule is CC1(c2ccccc2)CCC(=O)N(Cc2nnc3n2CCCCC3)C1. The quantitative estimate of drug-likeness (QED) is 0.864. The van der Waals surface area contributed by atoms with Gasteiger partial charge in [-0.05, 0) is 24.8 Å². The Morgan fingerprint density at radius 2 is 1.92 bits per heavy atom. The number of carbonyl (C=O) groups excluding carboxylic acids is 1. The molecule has 5 nitrogen and oxygen atoms in total. The largest absolute Gasteiger partial charge is 0.334 e. The number of carbonyl (C=O) groups is 1. The van der Waals surface area contributed by atoms with Crippen molar-refractivity contribution in [3.8, 4) is 0 Å². The van der Waals surface area contributed by atoms with Crippen LogP contribution in [0.3, 0.4) is 0 Å². The number of likely N-dealkylation sites (tertiary alicyclic amines) is 1. The van der Waals surface area contributed by atoms with E-state index in [1.807, 2.05) is 11.0 Å². The summed E-state index contributed by atoms with van der Waals surface area (Å²) in [6, 6.07) is 10.6. The molecule has 1 saturated heterocycles. The van der Waals surface area contributed by atoms with Crippen molar-refractivity contribution in [3.05, 3.63) is 47.5 Å². The third-order valence-electron chi connectivity index (χ3n) is 5.77. The molecule has 1 aromatic heterocycles. The number of hydrogen-bond donors (Lipinski definition) is 0. The lowest BCUT2D eigenvalue weighted by atomic mass is 9.75. The summed E-state index contributed by atoms with van der Waals surface area (Å²) in [5.41, 5.74) is 1.32. The van der Waals surface area contributed by atoms with Crippen LogP contribution in [-0.4, -0.2) is 32.1 Å². The molecule has 0 bridgehead atoms. The number of fused-ring (bicyclic) bond motifs is 1. The normalized spacial score (nSPS) is 24.0. The van der Waals surface area contributed by atoms with Crippen LogP contribution in [0.25, 0.3) is 0 Å². The average molecular weight is 338 g/mol. The van der Waals surface area contributed by atoms with Crippen LogP contribution in [0.5, 0.6) is 0 Å². The molecule has 1 amide bonds. The lowest BCUT2D eigenvalue weighted by Crippen LogP contribution is -2.47. The van der Waals surface area contributed by atoms with Crippen molar-refractivity contribution in [2.75, 3.05) is 6.54 Å². The van der Waals surface area contributed by atoms with Crippen molar-refractivity contribution < 1.29 is 4.79 Å². The van der Waals surface area contributed by atoms with Gasteiger partial charge >= 0.3 is 0 Å². The molecule has 132 valence electrons. The van der Waals surface area contributed by atoms with Crippen molar-refractivity contribution >= 4 is 5.91 Å². The molecule has 1 atom stereocenters. The minimum Gasteiger partial charge on any atom is -0.334 e. The molecule has 0 spiro atoms. The molecule has 2 aromatic rings. The number of benzene rings is 1. The van der Waals surface area contributed by atoms with E-state index in [0.29, 0.717) is 13.0 Å². The second kappa shape index (κ2) is 6.62. The van der Waals surface area contributed by atoms with E-state index in [9.17, 15) is 4.79 Å². The first kappa shape index (κ1) is 16.3. The fourth-order valence-electron chi connectivity index (χ4n) is 4.18. The van der Waals surface area contributed by atoms with Gasteiger partial charge in [-0.15, -0.1) is 10.2 Å². The van der Waals surface area contributed by atoms with Gasteiger partial charge < -0.3 is 9.47 Å². The molecule has 25 heavy (non-hydrogen) atoms. The number of hydrogen-bond acceptors (Lipinski definition) is 3. The van der Waals surface area contributed by atoms with E-state index < -0.39 is 0 Å². The Bertz CT molecular complexity index is 754. The highest BCUT2D eigenvalue weighted by Gasteiger charge is 2.36. The van der Waals surface area contributed by atoms with Gasteiger partial charge in [0.1, 0.15) is 5.82 Å². The summed E-state index contributed by atoms with van der Waals surface area (Å²) in [6.45, 7) is 4.58. The first-order valence-corrected chi connectivity index (χ1v) is 9.40. The van der Waals surface area contributed by atoms with Crippen LogP contribution in [-0.2, 0) is 29.7 Å². The topological polar surface area (TPSA) is 51.0 Å². The van der Waals surface area contributed by atoms with E-state index in [1.165, 1.54) is 24.8 Å². The van der Waals surface area contributed by atoms with Gasteiger partial charge in [-0.2, -0.15) is 0 Å². The molecule has 1 aromatic carbocycles. The summed E-state index contributed by atoms with van der Waals surface area (Å²) >= 11 is 0. The number of aromatic nitrogens is 3. The highest BCUT2D eigenvalue weighted by Crippen LogP contribution is 2.34. The van der Waals surface area contributed by atoms with Crippen molar-refractivity contribution in [1.82, 2.24) is 19.7 Å². The van der Waals surface area contributed by atoms with E-state index in [2.05, 4.69) is 46.0 Å². The van der Waals surface area contributed by atoms with Gasteiger partial charge in [0.05, 0.1) is 6.54 Å². The molecule has 2 aliphatic heterocycles. The molecule has 3 heterocycles. The number of rotatable bonds is 3. The third kappa shape index (κ3) is 3.20. The Hall–Kier alpha value is -2.17. The molecule has 0 saturated carbocycles. The minimum absolute atomic E-state index is 0.0107. The van der Waals surface area contributed by atoms with Gasteiger partial charge in [-0.3, -0.25) is 4.79 Å². The number of amides is 1. The molecule has 1 fully saturated rings. The highest BCUT2D eigenvalue weighted by atomic mass is 16.2. The van der Waals surface area contributed by atoms with E-state index in [-0.39, 0.29) is 11.3 Å². The monoisotopic (exact) mass is 338 g/mol. The van der Waals surface area contributed by atoms with Crippen LogP contribution in [0.15, 0.2) is 30.3 Å². The van der Waals surface area contributed by atoms with Crippen LogP contribution in [0.1, 0.15) is 56.2 Å². The molecular weight excluding hydrogens is 312 g/mol. The Morgan fingerprint density at radius 1 is 1.08 bits per heavy atom. The summed E-state index contributed by atoms with van der Waals surface area (Å²) < 4.78 is 2.24. The zero-order chi connectivity index (χ0) is 17.3. The van der Waals surface area contributed by atoms with Gasteiger partial charge in [0.15, 0.2) is 5.82 Å². The molecular formula is C20H26N4O. The maximum atomic E-state index is 12.5. The van der Waals surface area contributed by atoms with Crippen LogP contribution in [0.4, 0.5) is 0 Å². The smallest absolute Gasteiger partial charge is 0.223 e. The minimum atomic E-state index is 0.0107. The summed E-state index contributed by atoms with van der Waals surface area (Å²) in [4.78, 5) is 14.5. The number of piperidine rings is 1. The number of aryl methyl sites for hydroxylation is 1. The predicted molar refractivity (Wildman–Crippen MR) is 96.0 cm³/mol. The Morgan fingerprint density at radius 3 is 2.76 bits per heavy atom. The lowest BCUT2D eigenvalue weighted by Gasteiger charge is -2.40. The third-order valence-corrected chi connectivity index (χ3v) is 5.77. The second-order valence-electron chi connectivity index (χ2n) is 7.67. The molecule has 1 unspecified atom stereocenters. The first-order chi connectivity index (χ1) is 12.2. The highest BCUT2D eigenvalue weighted by molar-refractivity contribution is 5.77. The zero-order valence-corrected chi connectivity index (χ0v) is 14.9. The van der Waals surface area contributed by atoms with Crippen molar-refractivity contribution in [1.29, 1.82) is 0 Å². The molecule has 0 aliphatic carbocycles. The maximum absolute atomic E-state index is 12.5. The van der Waals surface area contributed by atoms with Gasteiger partial charge in [0.25, 0.3) is 0 Å². The van der Waals surface area contributed by atoms with E-state index in [4.69, 9.17) is 0 Å². The summed E-state index contributed by atoms with van der Waals surface area (Å²) in [5.74, 6) is 2.27. The first-order valence-electron chi connectivity index (χ1n) is 9.40. The molecule has 0 N–H and O–H groups in total. The van der Waals surface area contributed by atoms with Crippen LogP contribution < -0.4 is 0 Å². The fraction of sp³-hybridized carbons (Fsp3) is 0.550. The molecule has 2 aliphatic rings. The van der Waals surface area contributed by atoms with Gasteiger partial charge in [0, 0.05) is 31.3 Å². The fourth-order valence-corrected chi connectivity index (χ4v) is 4.18. The van der Waals surface area contributed by atoms with Gasteiger partial charge in [0.2, 0.25) is 5.91 Å². The Labute approximate surface area is 149 Å². The average Bonchev–Trinajstić information content (AvgIpc) is 2.86.